The second-order valence-corrected chi connectivity index (χ2v) is 3.63. The van der Waals surface area contributed by atoms with Crippen molar-refractivity contribution in [3.05, 3.63) is 11.5 Å². The lowest BCUT2D eigenvalue weighted by atomic mass is 10.5. The van der Waals surface area contributed by atoms with Crippen molar-refractivity contribution in [2.75, 3.05) is 7.11 Å². The molecular weight excluding hydrogens is 198 g/mol. The standard InChI is InChI=1S/C6H5NO3S2/c1-3-4(8)7(5(9)10-2)6(11)12-3/h1H2,2H3. The molecule has 0 aromatic heterocycles. The fourth-order valence-corrected chi connectivity index (χ4v) is 1.75. The third-order valence-electron chi connectivity index (χ3n) is 1.19. The quantitative estimate of drug-likeness (QED) is 0.436. The number of thiocarbonyl (C=S) groups is 1. The summed E-state index contributed by atoms with van der Waals surface area (Å²) in [7, 11) is 1.18. The number of amides is 2. The molecular formula is C6H5NO3S2. The highest BCUT2D eigenvalue weighted by Crippen LogP contribution is 2.29. The Hall–Kier alpha value is -0.880. The molecule has 0 radical (unpaired) electrons. The average molecular weight is 203 g/mol. The molecule has 64 valence electrons. The van der Waals surface area contributed by atoms with Gasteiger partial charge >= 0.3 is 6.09 Å². The molecule has 2 amide bonds. The van der Waals surface area contributed by atoms with Gasteiger partial charge in [0.2, 0.25) is 0 Å². The molecule has 0 N–H and O–H groups in total. The van der Waals surface area contributed by atoms with Crippen LogP contribution in [0.3, 0.4) is 0 Å². The summed E-state index contributed by atoms with van der Waals surface area (Å²) in [5, 5.41) is 0. The Kier molecular flexibility index (Phi) is 2.49. The van der Waals surface area contributed by atoms with E-state index in [0.29, 0.717) is 0 Å². The predicted molar refractivity (Wildman–Crippen MR) is 48.6 cm³/mol. The molecule has 1 saturated heterocycles. The van der Waals surface area contributed by atoms with Crippen LogP contribution in [0.1, 0.15) is 0 Å². The highest BCUT2D eigenvalue weighted by Gasteiger charge is 2.36. The number of methoxy groups -OCH3 is 1. The van der Waals surface area contributed by atoms with Crippen molar-refractivity contribution < 1.29 is 14.3 Å². The number of carbonyl (C=O) groups excluding carboxylic acids is 2. The minimum absolute atomic E-state index is 0.164. The molecule has 1 aliphatic heterocycles. The van der Waals surface area contributed by atoms with Gasteiger partial charge in [0.05, 0.1) is 12.0 Å². The lowest BCUT2D eigenvalue weighted by Gasteiger charge is -2.09. The largest absolute Gasteiger partial charge is 0.452 e. The van der Waals surface area contributed by atoms with E-state index in [2.05, 4.69) is 11.3 Å². The molecule has 0 saturated carbocycles. The van der Waals surface area contributed by atoms with Crippen LogP contribution in [0.2, 0.25) is 0 Å². The smallest absolute Gasteiger partial charge is 0.422 e. The zero-order chi connectivity index (χ0) is 9.30. The summed E-state index contributed by atoms with van der Waals surface area (Å²) in [6, 6.07) is 0. The molecule has 0 bridgehead atoms. The molecule has 1 rings (SSSR count). The van der Waals surface area contributed by atoms with Crippen LogP contribution in [0.25, 0.3) is 0 Å². The number of imide groups is 1. The molecule has 1 aliphatic rings. The molecule has 0 aromatic carbocycles. The van der Waals surface area contributed by atoms with Gasteiger partial charge in [0.25, 0.3) is 5.91 Å². The topological polar surface area (TPSA) is 46.6 Å². The molecule has 0 atom stereocenters. The van der Waals surface area contributed by atoms with Gasteiger partial charge in [0.1, 0.15) is 0 Å². The van der Waals surface area contributed by atoms with Crippen molar-refractivity contribution in [1.29, 1.82) is 0 Å². The van der Waals surface area contributed by atoms with E-state index in [4.69, 9.17) is 12.2 Å². The first-order valence-electron chi connectivity index (χ1n) is 2.91. The summed E-state index contributed by atoms with van der Waals surface area (Å²) in [5.74, 6) is -0.503. The lowest BCUT2D eigenvalue weighted by molar-refractivity contribution is -0.120. The van der Waals surface area contributed by atoms with E-state index in [-0.39, 0.29) is 9.23 Å². The maximum atomic E-state index is 11.1. The van der Waals surface area contributed by atoms with Crippen LogP contribution in [0.5, 0.6) is 0 Å². The van der Waals surface area contributed by atoms with Crippen molar-refractivity contribution in [1.82, 2.24) is 4.90 Å². The van der Waals surface area contributed by atoms with Crippen LogP contribution < -0.4 is 0 Å². The zero-order valence-corrected chi connectivity index (χ0v) is 7.83. The molecule has 0 aliphatic carbocycles. The molecule has 0 unspecified atom stereocenters. The summed E-state index contributed by atoms with van der Waals surface area (Å²) in [6.07, 6.45) is -0.767. The second kappa shape index (κ2) is 3.24. The zero-order valence-electron chi connectivity index (χ0n) is 6.20. The van der Waals surface area contributed by atoms with Crippen LogP contribution >= 0.6 is 24.0 Å². The minimum Gasteiger partial charge on any atom is -0.452 e. The normalized spacial score (nSPS) is 17.1. The van der Waals surface area contributed by atoms with Crippen molar-refractivity contribution in [2.45, 2.75) is 0 Å². The molecule has 12 heavy (non-hydrogen) atoms. The number of thioether (sulfide) groups is 1. The molecule has 1 fully saturated rings. The Morgan fingerprint density at radius 3 is 2.67 bits per heavy atom. The van der Waals surface area contributed by atoms with Crippen molar-refractivity contribution in [2.24, 2.45) is 0 Å². The van der Waals surface area contributed by atoms with Gasteiger partial charge in [-0.05, 0) is 0 Å². The Balaban J connectivity index is 2.91. The second-order valence-electron chi connectivity index (χ2n) is 1.90. The van der Waals surface area contributed by atoms with Gasteiger partial charge in [-0.15, -0.1) is 0 Å². The van der Waals surface area contributed by atoms with E-state index in [1.165, 1.54) is 7.11 Å². The van der Waals surface area contributed by atoms with Crippen molar-refractivity contribution in [3.8, 4) is 0 Å². The van der Waals surface area contributed by atoms with E-state index < -0.39 is 12.0 Å². The first-order valence-corrected chi connectivity index (χ1v) is 4.13. The molecule has 0 spiro atoms. The molecule has 0 aromatic rings. The predicted octanol–water partition coefficient (Wildman–Crippen LogP) is 1.13. The Morgan fingerprint density at radius 2 is 2.33 bits per heavy atom. The lowest BCUT2D eigenvalue weighted by Crippen LogP contribution is -2.34. The monoisotopic (exact) mass is 203 g/mol. The van der Waals surface area contributed by atoms with E-state index >= 15 is 0 Å². The number of rotatable bonds is 0. The maximum absolute atomic E-state index is 11.1. The Labute approximate surface area is 78.5 Å². The van der Waals surface area contributed by atoms with Gasteiger partial charge < -0.3 is 4.74 Å². The first-order chi connectivity index (χ1) is 5.57. The van der Waals surface area contributed by atoms with Gasteiger partial charge in [0, 0.05) is 0 Å². The summed E-state index contributed by atoms with van der Waals surface area (Å²) < 4.78 is 4.51. The first kappa shape index (κ1) is 9.21. The fraction of sp³-hybridized carbons (Fsp3) is 0.167. The van der Waals surface area contributed by atoms with Crippen LogP contribution in [-0.4, -0.2) is 28.3 Å². The highest BCUT2D eigenvalue weighted by atomic mass is 32.2. The third kappa shape index (κ3) is 1.35. The van der Waals surface area contributed by atoms with Crippen LogP contribution in [0.4, 0.5) is 4.79 Å². The van der Waals surface area contributed by atoms with Crippen LogP contribution in [0, 0.1) is 0 Å². The average Bonchev–Trinajstić information content (AvgIpc) is 2.26. The summed E-state index contributed by atoms with van der Waals surface area (Å²) in [4.78, 5) is 23.1. The van der Waals surface area contributed by atoms with Gasteiger partial charge in [-0.1, -0.05) is 30.6 Å². The van der Waals surface area contributed by atoms with E-state index in [1.807, 2.05) is 0 Å². The fourth-order valence-electron chi connectivity index (χ4n) is 0.651. The molecule has 4 nitrogen and oxygen atoms in total. The highest BCUT2D eigenvalue weighted by molar-refractivity contribution is 8.26. The van der Waals surface area contributed by atoms with Gasteiger partial charge in [-0.25, -0.2) is 4.79 Å². The Bertz CT molecular complexity index is 287. The third-order valence-corrected chi connectivity index (χ3v) is 2.40. The van der Waals surface area contributed by atoms with Crippen molar-refractivity contribution in [3.63, 3.8) is 0 Å². The van der Waals surface area contributed by atoms with E-state index in [0.717, 1.165) is 16.7 Å². The number of hydrogen-bond acceptors (Lipinski definition) is 5. The number of ether oxygens (including phenoxy) is 1. The Morgan fingerprint density at radius 1 is 1.75 bits per heavy atom. The van der Waals surface area contributed by atoms with E-state index in [9.17, 15) is 9.59 Å². The van der Waals surface area contributed by atoms with E-state index in [1.54, 1.807) is 0 Å². The summed E-state index contributed by atoms with van der Waals surface area (Å²) in [5.41, 5.74) is 0. The summed E-state index contributed by atoms with van der Waals surface area (Å²) in [6.45, 7) is 3.43. The maximum Gasteiger partial charge on any atom is 0.422 e. The van der Waals surface area contributed by atoms with Crippen LogP contribution in [0.15, 0.2) is 11.5 Å². The summed E-state index contributed by atoms with van der Waals surface area (Å²) >= 11 is 5.74. The van der Waals surface area contributed by atoms with Crippen molar-refractivity contribution >= 4 is 40.3 Å². The van der Waals surface area contributed by atoms with Gasteiger partial charge in [0.15, 0.2) is 4.32 Å². The number of hydrogen-bond donors (Lipinski definition) is 0. The molecule has 1 heterocycles. The number of carbonyl (C=O) groups is 2. The SMILES string of the molecule is C=C1SC(=S)N(C(=O)OC)C1=O. The molecule has 6 heteroatoms. The van der Waals surface area contributed by atoms with Gasteiger partial charge in [-0.2, -0.15) is 4.90 Å². The van der Waals surface area contributed by atoms with Gasteiger partial charge in [-0.3, -0.25) is 4.79 Å². The number of nitrogens with zero attached hydrogens (tertiary/aromatic N) is 1. The minimum atomic E-state index is -0.767. The van der Waals surface area contributed by atoms with Crippen LogP contribution in [-0.2, 0) is 9.53 Å².